The summed E-state index contributed by atoms with van der Waals surface area (Å²) in [6, 6.07) is 1.41. The molecule has 0 aromatic carbocycles. The smallest absolute Gasteiger partial charge is 0.407 e. The van der Waals surface area contributed by atoms with Gasteiger partial charge >= 0.3 is 6.09 Å². The van der Waals surface area contributed by atoms with Crippen LogP contribution in [0.2, 0.25) is 5.02 Å². The van der Waals surface area contributed by atoms with E-state index < -0.39 is 17.6 Å². The quantitative estimate of drug-likeness (QED) is 0.806. The lowest BCUT2D eigenvalue weighted by Gasteiger charge is -2.19. The molecule has 7 nitrogen and oxygen atoms in total. The largest absolute Gasteiger partial charge is 0.494 e. The number of pyridine rings is 1. The van der Waals surface area contributed by atoms with Gasteiger partial charge in [0, 0.05) is 13.1 Å². The maximum Gasteiger partial charge on any atom is 0.407 e. The molecule has 0 fully saturated rings. The highest BCUT2D eigenvalue weighted by atomic mass is 35.5. The normalized spacial score (nSPS) is 10.8. The van der Waals surface area contributed by atoms with Gasteiger partial charge in [-0.05, 0) is 26.8 Å². The Morgan fingerprint density at radius 3 is 2.45 bits per heavy atom. The first-order chi connectivity index (χ1) is 10.2. The molecule has 0 aliphatic carbocycles. The molecule has 0 unspecified atom stereocenters. The Morgan fingerprint density at radius 2 is 1.91 bits per heavy atom. The zero-order valence-corrected chi connectivity index (χ0v) is 13.8. The van der Waals surface area contributed by atoms with E-state index in [1.54, 1.807) is 20.8 Å². The molecule has 8 heteroatoms. The van der Waals surface area contributed by atoms with E-state index in [-0.39, 0.29) is 18.8 Å². The van der Waals surface area contributed by atoms with Gasteiger partial charge in [-0.3, -0.25) is 4.79 Å². The number of amides is 2. The molecule has 1 heterocycles. The molecule has 22 heavy (non-hydrogen) atoms. The Kier molecular flexibility index (Phi) is 6.42. The number of hydrogen-bond acceptors (Lipinski definition) is 5. The van der Waals surface area contributed by atoms with Crippen molar-refractivity contribution in [3.05, 3.63) is 23.0 Å². The van der Waals surface area contributed by atoms with E-state index in [0.717, 1.165) is 0 Å². The highest BCUT2D eigenvalue weighted by Gasteiger charge is 2.15. The third kappa shape index (κ3) is 6.17. The van der Waals surface area contributed by atoms with Gasteiger partial charge in [-0.25, -0.2) is 9.78 Å². The molecule has 2 amide bonds. The monoisotopic (exact) mass is 329 g/mol. The molecule has 0 saturated heterocycles. The van der Waals surface area contributed by atoms with E-state index in [1.165, 1.54) is 19.4 Å². The van der Waals surface area contributed by atoms with Gasteiger partial charge in [0.1, 0.15) is 11.3 Å². The van der Waals surface area contributed by atoms with Crippen molar-refractivity contribution in [2.24, 2.45) is 0 Å². The summed E-state index contributed by atoms with van der Waals surface area (Å²) in [6.45, 7) is 5.79. The molecule has 0 bridgehead atoms. The molecular weight excluding hydrogens is 310 g/mol. The number of halogens is 1. The average molecular weight is 330 g/mol. The second-order valence-corrected chi connectivity index (χ2v) is 5.80. The van der Waals surface area contributed by atoms with Gasteiger partial charge in [0.15, 0.2) is 5.75 Å². The molecule has 1 aromatic rings. The van der Waals surface area contributed by atoms with Gasteiger partial charge in [-0.1, -0.05) is 11.6 Å². The lowest BCUT2D eigenvalue weighted by molar-refractivity contribution is 0.0526. The number of nitrogens with one attached hydrogen (secondary N) is 2. The fraction of sp³-hybridized carbons (Fsp3) is 0.500. The fourth-order valence-electron chi connectivity index (χ4n) is 1.44. The fourth-order valence-corrected chi connectivity index (χ4v) is 1.67. The van der Waals surface area contributed by atoms with Crippen LogP contribution in [-0.2, 0) is 4.74 Å². The summed E-state index contributed by atoms with van der Waals surface area (Å²) in [7, 11) is 1.46. The molecular formula is C14H20ClN3O4. The zero-order valence-electron chi connectivity index (χ0n) is 13.0. The van der Waals surface area contributed by atoms with Crippen molar-refractivity contribution >= 4 is 23.6 Å². The summed E-state index contributed by atoms with van der Waals surface area (Å²) in [6.07, 6.45) is 0.836. The van der Waals surface area contributed by atoms with Crippen LogP contribution in [0.15, 0.2) is 12.3 Å². The number of hydrogen-bond donors (Lipinski definition) is 2. The summed E-state index contributed by atoms with van der Waals surface area (Å²) < 4.78 is 10.0. The number of methoxy groups -OCH3 is 1. The van der Waals surface area contributed by atoms with Crippen LogP contribution >= 0.6 is 11.6 Å². The molecule has 0 atom stereocenters. The minimum atomic E-state index is -0.558. The highest BCUT2D eigenvalue weighted by molar-refractivity contribution is 6.32. The topological polar surface area (TPSA) is 89.5 Å². The van der Waals surface area contributed by atoms with Gasteiger partial charge in [0.25, 0.3) is 5.91 Å². The Bertz CT molecular complexity index is 543. The van der Waals surface area contributed by atoms with Gasteiger partial charge in [-0.15, -0.1) is 0 Å². The van der Waals surface area contributed by atoms with Crippen LogP contribution < -0.4 is 15.4 Å². The maximum atomic E-state index is 11.9. The van der Waals surface area contributed by atoms with Gasteiger partial charge in [-0.2, -0.15) is 0 Å². The molecule has 0 aliphatic rings. The lowest BCUT2D eigenvalue weighted by atomic mass is 10.2. The summed E-state index contributed by atoms with van der Waals surface area (Å²) in [4.78, 5) is 27.2. The predicted octanol–water partition coefficient (Wildman–Crippen LogP) is 2.00. The van der Waals surface area contributed by atoms with Crippen molar-refractivity contribution in [2.75, 3.05) is 20.2 Å². The Hall–Kier alpha value is -2.02. The van der Waals surface area contributed by atoms with Gasteiger partial charge < -0.3 is 20.1 Å². The van der Waals surface area contributed by atoms with E-state index in [1.807, 2.05) is 0 Å². The van der Waals surface area contributed by atoms with Crippen LogP contribution in [-0.4, -0.2) is 42.8 Å². The molecule has 0 spiro atoms. The first-order valence-corrected chi connectivity index (χ1v) is 7.05. The Labute approximate surface area is 134 Å². The minimum Gasteiger partial charge on any atom is -0.494 e. The Morgan fingerprint density at radius 1 is 1.27 bits per heavy atom. The van der Waals surface area contributed by atoms with Crippen molar-refractivity contribution in [2.45, 2.75) is 26.4 Å². The molecule has 0 aliphatic heterocycles. The van der Waals surface area contributed by atoms with E-state index in [2.05, 4.69) is 15.6 Å². The van der Waals surface area contributed by atoms with E-state index in [4.69, 9.17) is 21.1 Å². The number of alkyl carbamates (subject to hydrolysis) is 1. The summed E-state index contributed by atoms with van der Waals surface area (Å²) in [5, 5.41) is 5.44. The summed E-state index contributed by atoms with van der Waals surface area (Å²) >= 11 is 5.92. The van der Waals surface area contributed by atoms with Crippen molar-refractivity contribution < 1.29 is 19.1 Å². The number of ether oxygens (including phenoxy) is 2. The first-order valence-electron chi connectivity index (χ1n) is 6.67. The van der Waals surface area contributed by atoms with E-state index in [0.29, 0.717) is 10.8 Å². The van der Waals surface area contributed by atoms with Gasteiger partial charge in [0.2, 0.25) is 0 Å². The van der Waals surface area contributed by atoms with Crippen LogP contribution in [0.3, 0.4) is 0 Å². The van der Waals surface area contributed by atoms with Crippen molar-refractivity contribution in [1.29, 1.82) is 0 Å². The minimum absolute atomic E-state index is 0.170. The molecule has 0 radical (unpaired) electrons. The number of rotatable bonds is 5. The van der Waals surface area contributed by atoms with E-state index >= 15 is 0 Å². The molecule has 122 valence electrons. The third-order valence-electron chi connectivity index (χ3n) is 2.35. The molecule has 2 N–H and O–H groups in total. The van der Waals surface area contributed by atoms with Crippen LogP contribution in [0.1, 0.15) is 31.3 Å². The highest BCUT2D eigenvalue weighted by Crippen LogP contribution is 2.22. The third-order valence-corrected chi connectivity index (χ3v) is 2.65. The second-order valence-electron chi connectivity index (χ2n) is 5.39. The van der Waals surface area contributed by atoms with Gasteiger partial charge in [0.05, 0.1) is 18.3 Å². The second kappa shape index (κ2) is 7.84. The summed E-state index contributed by atoms with van der Waals surface area (Å²) in [5.74, 6) is 0.000325. The average Bonchev–Trinajstić information content (AvgIpc) is 2.41. The Balaban J connectivity index is 2.38. The predicted molar refractivity (Wildman–Crippen MR) is 82.4 cm³/mol. The first kappa shape index (κ1) is 18.0. The zero-order chi connectivity index (χ0) is 16.8. The molecule has 1 rings (SSSR count). The van der Waals surface area contributed by atoms with Crippen LogP contribution in [0, 0.1) is 0 Å². The SMILES string of the molecule is COc1cnc(C(=O)NCCNC(=O)OC(C)(C)C)cc1Cl. The summed E-state index contributed by atoms with van der Waals surface area (Å²) in [5.41, 5.74) is -0.389. The maximum absolute atomic E-state index is 11.9. The van der Waals surface area contributed by atoms with E-state index in [9.17, 15) is 9.59 Å². The number of carbonyl (C=O) groups excluding carboxylic acids is 2. The number of nitrogens with zero attached hydrogens (tertiary/aromatic N) is 1. The van der Waals surface area contributed by atoms with Crippen molar-refractivity contribution in [1.82, 2.24) is 15.6 Å². The van der Waals surface area contributed by atoms with Crippen molar-refractivity contribution in [3.8, 4) is 5.75 Å². The molecule has 0 saturated carbocycles. The standard InChI is InChI=1S/C14H20ClN3O4/c1-14(2,3)22-13(20)17-6-5-16-12(19)10-7-9(15)11(21-4)8-18-10/h7-8H,5-6H2,1-4H3,(H,16,19)(H,17,20). The number of carbonyl (C=O) groups is 2. The molecule has 1 aromatic heterocycles. The van der Waals surface area contributed by atoms with Crippen LogP contribution in [0.5, 0.6) is 5.75 Å². The lowest BCUT2D eigenvalue weighted by Crippen LogP contribution is -2.38. The van der Waals surface area contributed by atoms with Crippen LogP contribution in [0.4, 0.5) is 4.79 Å². The van der Waals surface area contributed by atoms with Crippen molar-refractivity contribution in [3.63, 3.8) is 0 Å². The van der Waals surface area contributed by atoms with Crippen LogP contribution in [0.25, 0.3) is 0 Å². The number of aromatic nitrogens is 1.